The standard InChI is InChI=1S/C23H28N2O6S/c1-3-13-31-23(27)18-7-9-20(10-8-18)24-22(26)19-6-5-17(4-2)21(16-19)32(28,29)25-11-14-30-15-12-25/h5-10,16H,3-4,11-15H2,1-2H3,(H,24,26). The molecular weight excluding hydrogens is 432 g/mol. The van der Waals surface area contributed by atoms with Gasteiger partial charge in [-0.15, -0.1) is 0 Å². The molecular formula is C23H28N2O6S. The maximum Gasteiger partial charge on any atom is 0.338 e. The molecule has 9 heteroatoms. The second-order valence-electron chi connectivity index (χ2n) is 7.36. The number of morpholine rings is 1. The molecule has 0 bridgehead atoms. The number of nitrogens with one attached hydrogen (secondary N) is 1. The molecule has 1 N–H and O–H groups in total. The predicted molar refractivity (Wildman–Crippen MR) is 120 cm³/mol. The Bertz CT molecular complexity index is 1060. The molecule has 172 valence electrons. The number of sulfonamides is 1. The highest BCUT2D eigenvalue weighted by molar-refractivity contribution is 7.89. The molecule has 2 aromatic carbocycles. The van der Waals surface area contributed by atoms with E-state index in [2.05, 4.69) is 5.32 Å². The van der Waals surface area contributed by atoms with Gasteiger partial charge in [-0.25, -0.2) is 13.2 Å². The van der Waals surface area contributed by atoms with Gasteiger partial charge in [0.15, 0.2) is 0 Å². The van der Waals surface area contributed by atoms with Crippen molar-refractivity contribution in [1.29, 1.82) is 0 Å². The molecule has 0 atom stereocenters. The SMILES string of the molecule is CCCOC(=O)c1ccc(NC(=O)c2ccc(CC)c(S(=O)(=O)N3CCOCC3)c2)cc1. The number of amides is 1. The average molecular weight is 461 g/mol. The summed E-state index contributed by atoms with van der Waals surface area (Å²) in [6.07, 6.45) is 1.26. The van der Waals surface area contributed by atoms with E-state index in [-0.39, 0.29) is 23.5 Å². The normalized spacial score (nSPS) is 14.7. The van der Waals surface area contributed by atoms with Crippen LogP contribution < -0.4 is 5.32 Å². The van der Waals surface area contributed by atoms with Crippen molar-refractivity contribution < 1.29 is 27.5 Å². The molecule has 1 heterocycles. The van der Waals surface area contributed by atoms with Gasteiger partial charge in [-0.1, -0.05) is 19.9 Å². The molecule has 1 fully saturated rings. The van der Waals surface area contributed by atoms with Crippen molar-refractivity contribution in [3.8, 4) is 0 Å². The van der Waals surface area contributed by atoms with Crippen LogP contribution in [0.3, 0.4) is 0 Å². The van der Waals surface area contributed by atoms with E-state index in [0.717, 1.165) is 6.42 Å². The van der Waals surface area contributed by atoms with Crippen molar-refractivity contribution in [3.63, 3.8) is 0 Å². The lowest BCUT2D eigenvalue weighted by atomic mass is 10.1. The first-order valence-electron chi connectivity index (χ1n) is 10.7. The van der Waals surface area contributed by atoms with Crippen LogP contribution in [-0.4, -0.2) is 57.5 Å². The Labute approximate surface area is 188 Å². The summed E-state index contributed by atoms with van der Waals surface area (Å²) in [5.74, 6) is -0.856. The van der Waals surface area contributed by atoms with Gasteiger partial charge in [0.1, 0.15) is 0 Å². The molecule has 0 aliphatic carbocycles. The number of rotatable bonds is 8. The smallest absolute Gasteiger partial charge is 0.338 e. The van der Waals surface area contributed by atoms with Crippen molar-refractivity contribution in [2.45, 2.75) is 31.6 Å². The van der Waals surface area contributed by atoms with Crippen molar-refractivity contribution >= 4 is 27.6 Å². The van der Waals surface area contributed by atoms with Crippen LogP contribution >= 0.6 is 0 Å². The van der Waals surface area contributed by atoms with Gasteiger partial charge in [0, 0.05) is 24.3 Å². The Hall–Kier alpha value is -2.75. The van der Waals surface area contributed by atoms with Gasteiger partial charge in [-0.05, 0) is 54.8 Å². The molecule has 32 heavy (non-hydrogen) atoms. The third-order valence-corrected chi connectivity index (χ3v) is 7.09. The molecule has 1 aliphatic heterocycles. The molecule has 0 spiro atoms. The lowest BCUT2D eigenvalue weighted by Crippen LogP contribution is -2.41. The minimum atomic E-state index is -3.73. The third kappa shape index (κ3) is 5.53. The van der Waals surface area contributed by atoms with E-state index in [4.69, 9.17) is 9.47 Å². The van der Waals surface area contributed by atoms with E-state index >= 15 is 0 Å². The van der Waals surface area contributed by atoms with Crippen LogP contribution in [0.15, 0.2) is 47.4 Å². The molecule has 3 rings (SSSR count). The fraction of sp³-hybridized carbons (Fsp3) is 0.391. The van der Waals surface area contributed by atoms with Crippen LogP contribution in [0.25, 0.3) is 0 Å². The predicted octanol–water partition coefficient (Wildman–Crippen LogP) is 3.09. The molecule has 1 amide bonds. The van der Waals surface area contributed by atoms with Gasteiger partial charge < -0.3 is 14.8 Å². The molecule has 0 unspecified atom stereocenters. The summed E-state index contributed by atoms with van der Waals surface area (Å²) in [5.41, 5.74) is 1.77. The Balaban J connectivity index is 1.78. The molecule has 0 aromatic heterocycles. The lowest BCUT2D eigenvalue weighted by molar-refractivity contribution is 0.0505. The Morgan fingerprint density at radius 2 is 1.69 bits per heavy atom. The van der Waals surface area contributed by atoms with Crippen LogP contribution in [0.5, 0.6) is 0 Å². The monoisotopic (exact) mass is 460 g/mol. The fourth-order valence-electron chi connectivity index (χ4n) is 3.33. The lowest BCUT2D eigenvalue weighted by Gasteiger charge is -2.27. The molecule has 1 aliphatic rings. The Morgan fingerprint density at radius 3 is 2.31 bits per heavy atom. The van der Waals surface area contributed by atoms with Crippen molar-refractivity contribution in [1.82, 2.24) is 4.31 Å². The largest absolute Gasteiger partial charge is 0.462 e. The van der Waals surface area contributed by atoms with Crippen molar-refractivity contribution in [3.05, 3.63) is 59.2 Å². The Kier molecular flexibility index (Phi) is 8.00. The summed E-state index contributed by atoms with van der Waals surface area (Å²) in [7, 11) is -3.73. The number of anilines is 1. The molecule has 8 nitrogen and oxygen atoms in total. The third-order valence-electron chi connectivity index (χ3n) is 5.11. The highest BCUT2D eigenvalue weighted by atomic mass is 32.2. The van der Waals surface area contributed by atoms with E-state index < -0.39 is 21.9 Å². The van der Waals surface area contributed by atoms with E-state index in [0.29, 0.717) is 43.1 Å². The van der Waals surface area contributed by atoms with Gasteiger partial charge >= 0.3 is 5.97 Å². The van der Waals surface area contributed by atoms with E-state index in [1.165, 1.54) is 10.4 Å². The number of hydrogen-bond acceptors (Lipinski definition) is 6. The first-order chi connectivity index (χ1) is 15.4. The van der Waals surface area contributed by atoms with Gasteiger partial charge in [-0.3, -0.25) is 4.79 Å². The summed E-state index contributed by atoms with van der Waals surface area (Å²) in [5, 5.41) is 2.74. The maximum atomic E-state index is 13.2. The minimum absolute atomic E-state index is 0.142. The summed E-state index contributed by atoms with van der Waals surface area (Å²) < 4.78 is 38.1. The zero-order valence-corrected chi connectivity index (χ0v) is 19.1. The van der Waals surface area contributed by atoms with Crippen LogP contribution in [0.4, 0.5) is 5.69 Å². The summed E-state index contributed by atoms with van der Waals surface area (Å²) in [6, 6.07) is 11.1. The first-order valence-corrected chi connectivity index (χ1v) is 12.1. The van der Waals surface area contributed by atoms with E-state index in [1.54, 1.807) is 36.4 Å². The van der Waals surface area contributed by atoms with Crippen LogP contribution in [0.2, 0.25) is 0 Å². The van der Waals surface area contributed by atoms with Crippen LogP contribution in [-0.2, 0) is 25.9 Å². The van der Waals surface area contributed by atoms with Crippen LogP contribution in [0.1, 0.15) is 46.5 Å². The number of aryl methyl sites for hydroxylation is 1. The fourth-order valence-corrected chi connectivity index (χ4v) is 5.05. The Morgan fingerprint density at radius 1 is 1.03 bits per heavy atom. The number of esters is 1. The number of nitrogens with zero attached hydrogens (tertiary/aromatic N) is 1. The maximum absolute atomic E-state index is 13.2. The second-order valence-corrected chi connectivity index (χ2v) is 9.27. The van der Waals surface area contributed by atoms with Crippen molar-refractivity contribution in [2.24, 2.45) is 0 Å². The zero-order chi connectivity index (χ0) is 23.1. The average Bonchev–Trinajstić information content (AvgIpc) is 2.83. The highest BCUT2D eigenvalue weighted by Gasteiger charge is 2.29. The number of hydrogen-bond donors (Lipinski definition) is 1. The highest BCUT2D eigenvalue weighted by Crippen LogP contribution is 2.24. The molecule has 2 aromatic rings. The van der Waals surface area contributed by atoms with E-state index in [1.807, 2.05) is 13.8 Å². The molecule has 0 radical (unpaired) electrons. The van der Waals surface area contributed by atoms with Gasteiger partial charge in [-0.2, -0.15) is 4.31 Å². The van der Waals surface area contributed by atoms with Crippen molar-refractivity contribution in [2.75, 3.05) is 38.2 Å². The minimum Gasteiger partial charge on any atom is -0.462 e. The first kappa shape index (κ1) is 23.9. The molecule has 0 saturated carbocycles. The van der Waals surface area contributed by atoms with Gasteiger partial charge in [0.2, 0.25) is 10.0 Å². The summed E-state index contributed by atoms with van der Waals surface area (Å²) in [6.45, 7) is 5.41. The van der Waals surface area contributed by atoms with Crippen LogP contribution in [0, 0.1) is 0 Å². The zero-order valence-electron chi connectivity index (χ0n) is 18.3. The number of benzene rings is 2. The second kappa shape index (κ2) is 10.7. The van der Waals surface area contributed by atoms with Gasteiger partial charge in [0.25, 0.3) is 5.91 Å². The summed E-state index contributed by atoms with van der Waals surface area (Å²) in [4.78, 5) is 24.8. The number of ether oxygens (including phenoxy) is 2. The number of carbonyl (C=O) groups is 2. The number of carbonyl (C=O) groups excluding carboxylic acids is 2. The summed E-state index contributed by atoms with van der Waals surface area (Å²) >= 11 is 0. The van der Waals surface area contributed by atoms with Gasteiger partial charge in [0.05, 0.1) is 30.3 Å². The molecule has 1 saturated heterocycles. The quantitative estimate of drug-likeness (QED) is 0.608. The van der Waals surface area contributed by atoms with E-state index in [9.17, 15) is 18.0 Å². The topological polar surface area (TPSA) is 102 Å².